The average molecular weight is 287 g/mol. The Labute approximate surface area is 124 Å². The summed E-state index contributed by atoms with van der Waals surface area (Å²) in [5, 5.41) is 6.91. The number of nitrogens with two attached hydrogens (primary N) is 1. The molecule has 0 saturated heterocycles. The molecule has 0 bridgehead atoms. The largest absolute Gasteiger partial charge is 0.367 e. The summed E-state index contributed by atoms with van der Waals surface area (Å²) in [6, 6.07) is 10.2. The van der Waals surface area contributed by atoms with E-state index in [1.54, 1.807) is 0 Å². The van der Waals surface area contributed by atoms with Crippen LogP contribution in [-0.2, 0) is 17.8 Å². The van der Waals surface area contributed by atoms with E-state index < -0.39 is 0 Å². The lowest BCUT2D eigenvalue weighted by Gasteiger charge is -2.26. The third-order valence-electron chi connectivity index (χ3n) is 3.22. The van der Waals surface area contributed by atoms with Gasteiger partial charge in [-0.2, -0.15) is 0 Å². The summed E-state index contributed by atoms with van der Waals surface area (Å²) < 4.78 is 1.43. The van der Waals surface area contributed by atoms with Gasteiger partial charge in [0.15, 0.2) is 0 Å². The zero-order valence-electron chi connectivity index (χ0n) is 12.4. The standard InChI is InChI=1S/C15H21N5O/c1-15(2,9-8-12-6-4-3-5-7-12)18-13(21)10-20-11-17-14(16)19-20/h3-7,11H,8-10H2,1-2H3,(H2,16,19)(H,18,21). The summed E-state index contributed by atoms with van der Waals surface area (Å²) in [5.74, 6) is 0.0732. The monoisotopic (exact) mass is 287 g/mol. The summed E-state index contributed by atoms with van der Waals surface area (Å²) >= 11 is 0. The fourth-order valence-corrected chi connectivity index (χ4v) is 2.11. The predicted molar refractivity (Wildman–Crippen MR) is 81.4 cm³/mol. The lowest BCUT2D eigenvalue weighted by Crippen LogP contribution is -2.45. The molecule has 0 unspecified atom stereocenters. The van der Waals surface area contributed by atoms with Gasteiger partial charge in [0.1, 0.15) is 12.9 Å². The van der Waals surface area contributed by atoms with Crippen molar-refractivity contribution >= 4 is 11.9 Å². The van der Waals surface area contributed by atoms with E-state index in [1.165, 1.54) is 16.6 Å². The molecule has 1 amide bonds. The Bertz CT molecular complexity index is 591. The number of carbonyl (C=O) groups is 1. The third-order valence-corrected chi connectivity index (χ3v) is 3.22. The maximum Gasteiger partial charge on any atom is 0.242 e. The molecule has 1 aromatic carbocycles. The Hall–Kier alpha value is -2.37. The van der Waals surface area contributed by atoms with Crippen molar-refractivity contribution in [3.8, 4) is 0 Å². The first-order valence-electron chi connectivity index (χ1n) is 6.94. The summed E-state index contributed by atoms with van der Waals surface area (Å²) in [6.07, 6.45) is 3.23. The van der Waals surface area contributed by atoms with Crippen LogP contribution >= 0.6 is 0 Å². The Kier molecular flexibility index (Phi) is 4.57. The molecule has 0 fully saturated rings. The second-order valence-electron chi connectivity index (χ2n) is 5.72. The van der Waals surface area contributed by atoms with Crippen LogP contribution in [0.25, 0.3) is 0 Å². The molecule has 0 radical (unpaired) electrons. The molecule has 0 atom stereocenters. The molecule has 6 heteroatoms. The average Bonchev–Trinajstić information content (AvgIpc) is 2.82. The number of hydrogen-bond donors (Lipinski definition) is 2. The van der Waals surface area contributed by atoms with Crippen molar-refractivity contribution in [2.45, 2.75) is 38.8 Å². The van der Waals surface area contributed by atoms with Crippen LogP contribution in [0.2, 0.25) is 0 Å². The predicted octanol–water partition coefficient (Wildman–Crippen LogP) is 1.39. The molecule has 112 valence electrons. The molecule has 2 rings (SSSR count). The van der Waals surface area contributed by atoms with Gasteiger partial charge in [-0.15, -0.1) is 5.10 Å². The highest BCUT2D eigenvalue weighted by Crippen LogP contribution is 2.13. The third kappa shape index (κ3) is 4.91. The Morgan fingerprint density at radius 1 is 1.33 bits per heavy atom. The van der Waals surface area contributed by atoms with Crippen molar-refractivity contribution in [3.63, 3.8) is 0 Å². The highest BCUT2D eigenvalue weighted by Gasteiger charge is 2.20. The number of carbonyl (C=O) groups excluding carboxylic acids is 1. The van der Waals surface area contributed by atoms with E-state index in [0.29, 0.717) is 0 Å². The van der Waals surface area contributed by atoms with Crippen molar-refractivity contribution in [1.82, 2.24) is 20.1 Å². The van der Waals surface area contributed by atoms with Gasteiger partial charge in [-0.3, -0.25) is 4.79 Å². The molecular formula is C15H21N5O. The minimum atomic E-state index is -0.279. The molecule has 3 N–H and O–H groups in total. The van der Waals surface area contributed by atoms with Gasteiger partial charge in [0.2, 0.25) is 11.9 Å². The second kappa shape index (κ2) is 6.39. The van der Waals surface area contributed by atoms with E-state index in [0.717, 1.165) is 12.8 Å². The number of benzene rings is 1. The molecule has 6 nitrogen and oxygen atoms in total. The minimum absolute atomic E-state index is 0.0991. The number of amides is 1. The number of nitrogens with zero attached hydrogens (tertiary/aromatic N) is 3. The second-order valence-corrected chi connectivity index (χ2v) is 5.72. The molecule has 0 saturated carbocycles. The summed E-state index contributed by atoms with van der Waals surface area (Å²) in [4.78, 5) is 15.8. The summed E-state index contributed by atoms with van der Waals surface area (Å²) in [5.41, 5.74) is 6.41. The van der Waals surface area contributed by atoms with E-state index in [1.807, 2.05) is 32.0 Å². The SMILES string of the molecule is CC(C)(CCc1ccccc1)NC(=O)Cn1cnc(N)n1. The zero-order valence-corrected chi connectivity index (χ0v) is 12.4. The molecule has 0 aliphatic heterocycles. The van der Waals surface area contributed by atoms with Crippen LogP contribution in [0.1, 0.15) is 25.8 Å². The van der Waals surface area contributed by atoms with E-state index in [-0.39, 0.29) is 23.9 Å². The van der Waals surface area contributed by atoms with Crippen molar-refractivity contribution in [2.75, 3.05) is 5.73 Å². The van der Waals surface area contributed by atoms with Crippen LogP contribution in [0, 0.1) is 0 Å². The number of anilines is 1. The normalized spacial score (nSPS) is 11.3. The first-order valence-corrected chi connectivity index (χ1v) is 6.94. The molecule has 0 aliphatic carbocycles. The summed E-state index contributed by atoms with van der Waals surface area (Å²) in [7, 11) is 0. The van der Waals surface area contributed by atoms with Crippen LogP contribution in [0.3, 0.4) is 0 Å². The van der Waals surface area contributed by atoms with Crippen LogP contribution in [0.15, 0.2) is 36.7 Å². The first-order chi connectivity index (χ1) is 9.94. The molecule has 2 aromatic rings. The number of nitrogens with one attached hydrogen (secondary N) is 1. The Morgan fingerprint density at radius 3 is 2.67 bits per heavy atom. The minimum Gasteiger partial charge on any atom is -0.367 e. The van der Waals surface area contributed by atoms with Gasteiger partial charge in [-0.25, -0.2) is 9.67 Å². The first kappa shape index (κ1) is 15.0. The van der Waals surface area contributed by atoms with Crippen LogP contribution in [-0.4, -0.2) is 26.2 Å². The Balaban J connectivity index is 1.83. The fraction of sp³-hybridized carbons (Fsp3) is 0.400. The fourth-order valence-electron chi connectivity index (χ4n) is 2.11. The molecule has 0 spiro atoms. The molecule has 1 aromatic heterocycles. The lowest BCUT2D eigenvalue weighted by molar-refractivity contribution is -0.123. The maximum atomic E-state index is 12.0. The number of nitrogen functional groups attached to an aromatic ring is 1. The van der Waals surface area contributed by atoms with Crippen LogP contribution in [0.5, 0.6) is 0 Å². The molecular weight excluding hydrogens is 266 g/mol. The highest BCUT2D eigenvalue weighted by molar-refractivity contribution is 5.76. The summed E-state index contributed by atoms with van der Waals surface area (Å²) in [6.45, 7) is 4.16. The van der Waals surface area contributed by atoms with Gasteiger partial charge in [0.05, 0.1) is 0 Å². The van der Waals surface area contributed by atoms with E-state index in [9.17, 15) is 4.79 Å². The topological polar surface area (TPSA) is 85.8 Å². The smallest absolute Gasteiger partial charge is 0.242 e. The number of rotatable bonds is 6. The molecule has 0 aliphatic rings. The van der Waals surface area contributed by atoms with Crippen molar-refractivity contribution in [2.24, 2.45) is 0 Å². The van der Waals surface area contributed by atoms with Gasteiger partial charge in [0, 0.05) is 5.54 Å². The highest BCUT2D eigenvalue weighted by atomic mass is 16.2. The lowest BCUT2D eigenvalue weighted by atomic mass is 9.95. The van der Waals surface area contributed by atoms with E-state index in [2.05, 4.69) is 27.5 Å². The van der Waals surface area contributed by atoms with E-state index in [4.69, 9.17) is 5.73 Å². The van der Waals surface area contributed by atoms with Crippen LogP contribution < -0.4 is 11.1 Å². The number of aryl methyl sites for hydroxylation is 1. The molecule has 21 heavy (non-hydrogen) atoms. The number of hydrogen-bond acceptors (Lipinski definition) is 4. The van der Waals surface area contributed by atoms with Gasteiger partial charge in [-0.1, -0.05) is 30.3 Å². The number of aromatic nitrogens is 3. The molecule has 1 heterocycles. The van der Waals surface area contributed by atoms with E-state index >= 15 is 0 Å². The van der Waals surface area contributed by atoms with Crippen molar-refractivity contribution in [3.05, 3.63) is 42.2 Å². The maximum absolute atomic E-state index is 12.0. The van der Waals surface area contributed by atoms with Gasteiger partial charge in [0.25, 0.3) is 0 Å². The van der Waals surface area contributed by atoms with Crippen molar-refractivity contribution < 1.29 is 4.79 Å². The van der Waals surface area contributed by atoms with Crippen LogP contribution in [0.4, 0.5) is 5.95 Å². The zero-order chi connectivity index (χ0) is 15.3. The quantitative estimate of drug-likeness (QED) is 0.840. The Morgan fingerprint density at radius 2 is 2.05 bits per heavy atom. The van der Waals surface area contributed by atoms with Gasteiger partial charge in [-0.05, 0) is 32.3 Å². The van der Waals surface area contributed by atoms with Crippen molar-refractivity contribution in [1.29, 1.82) is 0 Å². The van der Waals surface area contributed by atoms with Gasteiger partial charge < -0.3 is 11.1 Å². The van der Waals surface area contributed by atoms with Gasteiger partial charge >= 0.3 is 0 Å².